The summed E-state index contributed by atoms with van der Waals surface area (Å²) in [5, 5.41) is 20.1. The van der Waals surface area contributed by atoms with Gasteiger partial charge in [0.15, 0.2) is 5.58 Å². The molecule has 13 heteroatoms. The normalized spacial score (nSPS) is 21.9. The Morgan fingerprint density at radius 3 is 2.41 bits per heavy atom. The first kappa shape index (κ1) is 39.1. The van der Waals surface area contributed by atoms with Crippen LogP contribution in [0.3, 0.4) is 0 Å². The Kier molecular flexibility index (Phi) is 11.3. The second kappa shape index (κ2) is 16.2. The summed E-state index contributed by atoms with van der Waals surface area (Å²) < 4.78 is 17.9. The highest BCUT2D eigenvalue weighted by molar-refractivity contribution is 6.31. The molecule has 1 unspecified atom stereocenters. The number of carbonyl (C=O) groups is 3. The summed E-state index contributed by atoms with van der Waals surface area (Å²) >= 11 is 6.24. The van der Waals surface area contributed by atoms with Crippen molar-refractivity contribution in [3.8, 4) is 17.6 Å². The first-order chi connectivity index (χ1) is 26.8. The third kappa shape index (κ3) is 8.06. The summed E-state index contributed by atoms with van der Waals surface area (Å²) in [5.74, 6) is 0.127. The number of nitriles is 1. The van der Waals surface area contributed by atoms with Crippen molar-refractivity contribution in [3.05, 3.63) is 82.5 Å². The lowest BCUT2D eigenvalue weighted by Gasteiger charge is -2.63. The van der Waals surface area contributed by atoms with Crippen LogP contribution in [0.25, 0.3) is 11.0 Å². The largest absolute Gasteiger partial charge is 0.493 e. The van der Waals surface area contributed by atoms with Crippen molar-refractivity contribution in [2.24, 2.45) is 10.8 Å². The molecule has 3 heterocycles. The molecular weight excluding hydrogens is 732 g/mol. The number of piperidine rings is 1. The van der Waals surface area contributed by atoms with Crippen LogP contribution >= 0.6 is 11.6 Å². The van der Waals surface area contributed by atoms with Crippen molar-refractivity contribution < 1.29 is 28.4 Å². The number of fused-ring (bicyclic) bond motifs is 1. The number of imide groups is 1. The maximum Gasteiger partial charge on any atom is 0.251 e. The van der Waals surface area contributed by atoms with Crippen molar-refractivity contribution in [1.29, 1.82) is 5.26 Å². The number of anilines is 1. The molecule has 0 radical (unpaired) electrons. The number of carbonyl (C=O) groups excluding carboxylic acids is 3. The quantitative estimate of drug-likeness (QED) is 0.109. The van der Waals surface area contributed by atoms with Crippen LogP contribution in [0, 0.1) is 22.2 Å². The molecule has 2 aliphatic heterocycles. The Morgan fingerprint density at radius 1 is 0.982 bits per heavy atom. The summed E-state index contributed by atoms with van der Waals surface area (Å²) in [4.78, 5) is 42.1. The van der Waals surface area contributed by atoms with Gasteiger partial charge in [0, 0.05) is 78.2 Å². The fraction of sp³-hybridized carbons (Fsp3) is 0.465. The molecule has 3 amide bonds. The van der Waals surface area contributed by atoms with Crippen molar-refractivity contribution in [3.63, 3.8) is 0 Å². The number of hydrogen-bond acceptors (Lipinski definition) is 10. The Labute approximate surface area is 332 Å². The third-order valence-corrected chi connectivity index (χ3v) is 12.0. The van der Waals surface area contributed by atoms with Gasteiger partial charge in [-0.1, -0.05) is 44.5 Å². The van der Waals surface area contributed by atoms with Crippen molar-refractivity contribution in [2.75, 3.05) is 44.2 Å². The molecule has 294 valence electrons. The van der Waals surface area contributed by atoms with Gasteiger partial charge in [-0.15, -0.1) is 0 Å². The summed E-state index contributed by atoms with van der Waals surface area (Å²) in [6.45, 7) is 13.9. The van der Waals surface area contributed by atoms with Crippen LogP contribution in [0.1, 0.15) is 87.3 Å². The number of nitrogens with one attached hydrogen (secondary N) is 2. The number of nitrogens with zero attached hydrogens (tertiary/aromatic N) is 4. The number of hydrogen-bond donors (Lipinski definition) is 2. The van der Waals surface area contributed by atoms with E-state index < -0.39 is 5.92 Å². The van der Waals surface area contributed by atoms with Crippen LogP contribution in [0.5, 0.6) is 11.5 Å². The Bertz CT molecular complexity index is 2120. The van der Waals surface area contributed by atoms with Crippen LogP contribution in [0.15, 0.2) is 65.2 Å². The van der Waals surface area contributed by atoms with E-state index in [0.717, 1.165) is 63.1 Å². The lowest BCUT2D eigenvalue weighted by atomic mass is 9.49. The molecule has 3 aliphatic rings. The van der Waals surface area contributed by atoms with Crippen molar-refractivity contribution in [2.45, 2.75) is 77.9 Å². The first-order valence-corrected chi connectivity index (χ1v) is 19.8. The molecular formula is C43H49ClN6O6. The minimum atomic E-state index is -0.490. The zero-order valence-electron chi connectivity index (χ0n) is 32.4. The lowest BCUT2D eigenvalue weighted by Crippen LogP contribution is -2.74. The van der Waals surface area contributed by atoms with Gasteiger partial charge in [-0.25, -0.2) is 0 Å². The van der Waals surface area contributed by atoms with E-state index in [1.807, 2.05) is 36.4 Å². The van der Waals surface area contributed by atoms with E-state index in [4.69, 9.17) is 25.6 Å². The van der Waals surface area contributed by atoms with Gasteiger partial charge in [0.1, 0.15) is 29.4 Å². The second-order valence-corrected chi connectivity index (χ2v) is 16.7. The van der Waals surface area contributed by atoms with Crippen LogP contribution in [-0.4, -0.2) is 79.3 Å². The number of aromatic nitrogens is 1. The fourth-order valence-corrected chi connectivity index (χ4v) is 9.11. The summed E-state index contributed by atoms with van der Waals surface area (Å²) in [7, 11) is 0. The Hall–Kier alpha value is -5.12. The van der Waals surface area contributed by atoms with E-state index in [-0.39, 0.29) is 40.7 Å². The van der Waals surface area contributed by atoms with Crippen LogP contribution in [-0.2, 0) is 9.59 Å². The topological polar surface area (TPSA) is 150 Å². The van der Waals surface area contributed by atoms with Crippen LogP contribution < -0.4 is 25.0 Å². The van der Waals surface area contributed by atoms with Gasteiger partial charge in [0.05, 0.1) is 23.1 Å². The molecule has 56 heavy (non-hydrogen) atoms. The van der Waals surface area contributed by atoms with E-state index in [1.165, 1.54) is 0 Å². The van der Waals surface area contributed by atoms with Crippen LogP contribution in [0.2, 0.25) is 5.02 Å². The zero-order valence-corrected chi connectivity index (χ0v) is 33.2. The van der Waals surface area contributed by atoms with Gasteiger partial charge in [-0.05, 0) is 80.8 Å². The van der Waals surface area contributed by atoms with Crippen molar-refractivity contribution in [1.82, 2.24) is 20.7 Å². The van der Waals surface area contributed by atoms with Gasteiger partial charge in [0.2, 0.25) is 11.8 Å². The number of ether oxygens (including phenoxy) is 2. The molecule has 4 aromatic rings. The molecule has 0 spiro atoms. The van der Waals surface area contributed by atoms with E-state index in [9.17, 15) is 19.6 Å². The lowest BCUT2D eigenvalue weighted by molar-refractivity contribution is -0.164. The predicted molar refractivity (Wildman–Crippen MR) is 213 cm³/mol. The summed E-state index contributed by atoms with van der Waals surface area (Å²) in [5.41, 5.74) is 2.60. The average Bonchev–Trinajstić information content (AvgIpc) is 3.60. The molecule has 1 aromatic heterocycles. The maximum atomic E-state index is 13.4. The number of rotatable bonds is 13. The van der Waals surface area contributed by atoms with Gasteiger partial charge in [-0.2, -0.15) is 5.26 Å². The maximum absolute atomic E-state index is 13.4. The van der Waals surface area contributed by atoms with Crippen molar-refractivity contribution >= 4 is 46.0 Å². The van der Waals surface area contributed by atoms with E-state index in [1.54, 1.807) is 24.3 Å². The fourth-order valence-electron chi connectivity index (χ4n) is 8.90. The Morgan fingerprint density at radius 2 is 1.71 bits per heavy atom. The predicted octanol–water partition coefficient (Wildman–Crippen LogP) is 6.86. The highest BCUT2D eigenvalue weighted by Gasteiger charge is 2.64. The Balaban J connectivity index is 0.806. The molecule has 0 bridgehead atoms. The summed E-state index contributed by atoms with van der Waals surface area (Å²) in [6.07, 6.45) is 3.64. The SMILES string of the molecule is CC1(C)[C@H](NC(=O)c2ccc(N3CCN(CCCCCOc4ccc5c(C6CCC(=O)NC6=O)noc5c4)CC3)cc2)C(C)(C)[C@H]1Oc1ccc(C#N)c(Cl)c1. The van der Waals surface area contributed by atoms with Gasteiger partial charge >= 0.3 is 0 Å². The molecule has 12 nitrogen and oxygen atoms in total. The minimum Gasteiger partial charge on any atom is -0.493 e. The number of unbranched alkanes of at least 4 members (excludes halogenated alkanes) is 2. The molecule has 2 saturated heterocycles. The van der Waals surface area contributed by atoms with Gasteiger partial charge < -0.3 is 24.2 Å². The number of amides is 3. The summed E-state index contributed by atoms with van der Waals surface area (Å²) in [6, 6.07) is 20.5. The number of piperazine rings is 1. The second-order valence-electron chi connectivity index (χ2n) is 16.3. The molecule has 1 atom stereocenters. The third-order valence-electron chi connectivity index (χ3n) is 11.7. The monoisotopic (exact) mass is 780 g/mol. The van der Waals surface area contributed by atoms with Crippen LogP contribution in [0.4, 0.5) is 5.69 Å². The number of benzene rings is 3. The average molecular weight is 781 g/mol. The molecule has 7 rings (SSSR count). The molecule has 1 aliphatic carbocycles. The minimum absolute atomic E-state index is 0.102. The molecule has 1 saturated carbocycles. The van der Waals surface area contributed by atoms with E-state index in [0.29, 0.717) is 58.4 Å². The van der Waals surface area contributed by atoms with Gasteiger partial charge in [-0.3, -0.25) is 24.6 Å². The first-order valence-electron chi connectivity index (χ1n) is 19.5. The number of halogens is 1. The smallest absolute Gasteiger partial charge is 0.251 e. The van der Waals surface area contributed by atoms with E-state index >= 15 is 0 Å². The standard InChI is InChI=1S/C43H49ClN6O6/c1-42(2)40(43(3,4)41(42)55-31-13-10-28(26-45)34(44)24-31)47-38(52)27-8-11-29(12-9-27)50-21-19-49(20-22-50)18-6-5-7-23-54-30-14-15-32-35(25-30)56-48-37(32)33-16-17-36(51)46-39(33)53/h8-15,24-25,33,40-41H,5-7,16-23H2,1-4H3,(H,47,52)(H,46,51,53)/t33?,40-,41-. The highest BCUT2D eigenvalue weighted by Crippen LogP contribution is 2.55. The van der Waals surface area contributed by atoms with Gasteiger partial charge in [0.25, 0.3) is 5.91 Å². The zero-order chi connectivity index (χ0) is 39.6. The molecule has 2 N–H and O–H groups in total. The van der Waals surface area contributed by atoms with E-state index in [2.05, 4.69) is 59.4 Å². The highest BCUT2D eigenvalue weighted by atomic mass is 35.5. The molecule has 3 fully saturated rings. The molecule has 3 aromatic carbocycles.